The zero-order valence-electron chi connectivity index (χ0n) is 11.0. The molecule has 2 nitrogen and oxygen atoms in total. The smallest absolute Gasteiger partial charge is 0.0655 e. The molecule has 1 aliphatic rings. The van der Waals surface area contributed by atoms with Gasteiger partial charge in [0.25, 0.3) is 0 Å². The number of ether oxygens (including phenoxy) is 1. The van der Waals surface area contributed by atoms with E-state index in [0.29, 0.717) is 0 Å². The molecule has 0 aromatic rings. The molecule has 1 fully saturated rings. The van der Waals surface area contributed by atoms with E-state index in [2.05, 4.69) is 39.9 Å². The van der Waals surface area contributed by atoms with Crippen LogP contribution >= 0.6 is 0 Å². The first-order valence-electron chi connectivity index (χ1n) is 6.24. The monoisotopic (exact) mass is 213 g/mol. The Hall–Kier alpha value is -0.0800. The van der Waals surface area contributed by atoms with Crippen LogP contribution in [-0.2, 0) is 4.74 Å². The molecular formula is C13H27NO. The predicted octanol–water partition coefficient (Wildman–Crippen LogP) is 2.97. The molecule has 0 spiro atoms. The second-order valence-corrected chi connectivity index (χ2v) is 6.14. The fraction of sp³-hybridized carbons (Fsp3) is 1.00. The van der Waals surface area contributed by atoms with Crippen LogP contribution in [0, 0.1) is 5.92 Å². The minimum atomic E-state index is 0.127. The van der Waals surface area contributed by atoms with E-state index in [-0.39, 0.29) is 11.1 Å². The lowest BCUT2D eigenvalue weighted by molar-refractivity contribution is -0.0870. The van der Waals surface area contributed by atoms with Crippen LogP contribution in [0.2, 0.25) is 0 Å². The van der Waals surface area contributed by atoms with Gasteiger partial charge < -0.3 is 10.1 Å². The van der Waals surface area contributed by atoms with Gasteiger partial charge in [-0.25, -0.2) is 0 Å². The molecule has 0 saturated carbocycles. The number of hydrogen-bond donors (Lipinski definition) is 1. The maximum absolute atomic E-state index is 5.85. The third kappa shape index (κ3) is 4.52. The van der Waals surface area contributed by atoms with E-state index < -0.39 is 0 Å². The number of nitrogens with one attached hydrogen (secondary N) is 1. The van der Waals surface area contributed by atoms with Crippen LogP contribution in [0.3, 0.4) is 0 Å². The quantitative estimate of drug-likeness (QED) is 0.778. The summed E-state index contributed by atoms with van der Waals surface area (Å²) < 4.78 is 5.85. The van der Waals surface area contributed by atoms with Crippen molar-refractivity contribution in [3.8, 4) is 0 Å². The first-order chi connectivity index (χ1) is 6.85. The number of hydrogen-bond acceptors (Lipinski definition) is 2. The van der Waals surface area contributed by atoms with E-state index in [1.165, 1.54) is 12.8 Å². The molecule has 0 radical (unpaired) electrons. The molecule has 15 heavy (non-hydrogen) atoms. The summed E-state index contributed by atoms with van der Waals surface area (Å²) in [4.78, 5) is 0. The Morgan fingerprint density at radius 1 is 1.40 bits per heavy atom. The fourth-order valence-electron chi connectivity index (χ4n) is 2.11. The SMILES string of the molecule is CCC1(C)CC(CNC(C)(C)C)CCO1. The van der Waals surface area contributed by atoms with Gasteiger partial charge >= 0.3 is 0 Å². The van der Waals surface area contributed by atoms with E-state index >= 15 is 0 Å². The molecule has 1 saturated heterocycles. The van der Waals surface area contributed by atoms with E-state index in [0.717, 1.165) is 25.5 Å². The van der Waals surface area contributed by atoms with Crippen molar-refractivity contribution in [3.63, 3.8) is 0 Å². The van der Waals surface area contributed by atoms with Crippen LogP contribution in [0.5, 0.6) is 0 Å². The van der Waals surface area contributed by atoms with Crippen molar-refractivity contribution in [2.45, 2.75) is 65.0 Å². The Labute approximate surface area is 94.8 Å². The van der Waals surface area contributed by atoms with Gasteiger partial charge in [-0.05, 0) is 59.4 Å². The molecule has 0 aromatic carbocycles. The van der Waals surface area contributed by atoms with E-state index in [4.69, 9.17) is 4.74 Å². The Kier molecular flexibility index (Phi) is 4.19. The lowest BCUT2D eigenvalue weighted by atomic mass is 9.85. The second-order valence-electron chi connectivity index (χ2n) is 6.14. The Morgan fingerprint density at radius 2 is 2.07 bits per heavy atom. The second kappa shape index (κ2) is 4.84. The Morgan fingerprint density at radius 3 is 2.60 bits per heavy atom. The highest BCUT2D eigenvalue weighted by Gasteiger charge is 2.31. The summed E-state index contributed by atoms with van der Waals surface area (Å²) in [6, 6.07) is 0. The molecule has 1 aliphatic heterocycles. The van der Waals surface area contributed by atoms with Gasteiger partial charge in [0.15, 0.2) is 0 Å². The van der Waals surface area contributed by atoms with Crippen molar-refractivity contribution in [2.75, 3.05) is 13.2 Å². The van der Waals surface area contributed by atoms with Crippen LogP contribution in [-0.4, -0.2) is 24.3 Å². The summed E-state index contributed by atoms with van der Waals surface area (Å²) in [6.45, 7) is 13.2. The molecule has 1 rings (SSSR count). The van der Waals surface area contributed by atoms with Crippen LogP contribution in [0.25, 0.3) is 0 Å². The van der Waals surface area contributed by atoms with Crippen LogP contribution < -0.4 is 5.32 Å². The van der Waals surface area contributed by atoms with Gasteiger partial charge in [0.1, 0.15) is 0 Å². The van der Waals surface area contributed by atoms with Crippen LogP contribution in [0.1, 0.15) is 53.9 Å². The molecule has 0 amide bonds. The molecule has 1 N–H and O–H groups in total. The lowest BCUT2D eigenvalue weighted by Gasteiger charge is -2.38. The maximum atomic E-state index is 5.85. The first-order valence-corrected chi connectivity index (χ1v) is 6.24. The van der Waals surface area contributed by atoms with Gasteiger partial charge in [0.2, 0.25) is 0 Å². The van der Waals surface area contributed by atoms with Crippen molar-refractivity contribution in [1.29, 1.82) is 0 Å². The van der Waals surface area contributed by atoms with Gasteiger partial charge in [0.05, 0.1) is 5.60 Å². The average Bonchev–Trinajstić information content (AvgIpc) is 2.14. The van der Waals surface area contributed by atoms with E-state index in [1.54, 1.807) is 0 Å². The highest BCUT2D eigenvalue weighted by Crippen LogP contribution is 2.31. The fourth-order valence-corrected chi connectivity index (χ4v) is 2.11. The standard InChI is InChI=1S/C13H27NO/c1-6-13(5)9-11(7-8-15-13)10-14-12(2,3)4/h11,14H,6-10H2,1-5H3. The zero-order valence-corrected chi connectivity index (χ0v) is 11.0. The molecule has 0 bridgehead atoms. The summed E-state index contributed by atoms with van der Waals surface area (Å²) >= 11 is 0. The summed E-state index contributed by atoms with van der Waals surface area (Å²) in [5.41, 5.74) is 0.364. The van der Waals surface area contributed by atoms with Gasteiger partial charge in [-0.3, -0.25) is 0 Å². The third-order valence-electron chi connectivity index (χ3n) is 3.37. The van der Waals surface area contributed by atoms with E-state index in [9.17, 15) is 0 Å². The largest absolute Gasteiger partial charge is 0.375 e. The average molecular weight is 213 g/mol. The minimum absolute atomic E-state index is 0.127. The van der Waals surface area contributed by atoms with Crippen LogP contribution in [0.15, 0.2) is 0 Å². The van der Waals surface area contributed by atoms with Crippen molar-refractivity contribution in [3.05, 3.63) is 0 Å². The van der Waals surface area contributed by atoms with Crippen molar-refractivity contribution >= 4 is 0 Å². The zero-order chi connectivity index (χ0) is 11.5. The first kappa shape index (κ1) is 13.0. The summed E-state index contributed by atoms with van der Waals surface area (Å²) in [5.74, 6) is 0.780. The molecule has 2 heteroatoms. The normalized spacial score (nSPS) is 33.0. The molecule has 2 unspecified atom stereocenters. The van der Waals surface area contributed by atoms with Gasteiger partial charge in [-0.2, -0.15) is 0 Å². The highest BCUT2D eigenvalue weighted by atomic mass is 16.5. The van der Waals surface area contributed by atoms with Crippen LogP contribution in [0.4, 0.5) is 0 Å². The van der Waals surface area contributed by atoms with Gasteiger partial charge in [-0.1, -0.05) is 6.92 Å². The topological polar surface area (TPSA) is 21.3 Å². The predicted molar refractivity (Wildman–Crippen MR) is 65.1 cm³/mol. The molecule has 0 aromatic heterocycles. The molecule has 0 aliphatic carbocycles. The van der Waals surface area contributed by atoms with Crippen molar-refractivity contribution in [1.82, 2.24) is 5.32 Å². The Bertz CT molecular complexity index is 197. The lowest BCUT2D eigenvalue weighted by Crippen LogP contribution is -2.44. The maximum Gasteiger partial charge on any atom is 0.0655 e. The molecule has 1 heterocycles. The number of rotatable bonds is 3. The van der Waals surface area contributed by atoms with Crippen molar-refractivity contribution in [2.24, 2.45) is 5.92 Å². The molecule has 90 valence electrons. The van der Waals surface area contributed by atoms with E-state index in [1.807, 2.05) is 0 Å². The molecular weight excluding hydrogens is 186 g/mol. The third-order valence-corrected chi connectivity index (χ3v) is 3.37. The summed E-state index contributed by atoms with van der Waals surface area (Å²) in [5, 5.41) is 3.60. The van der Waals surface area contributed by atoms with Gasteiger partial charge in [0, 0.05) is 12.1 Å². The Balaban J connectivity index is 2.37. The van der Waals surface area contributed by atoms with Crippen molar-refractivity contribution < 1.29 is 4.74 Å². The molecule has 2 atom stereocenters. The summed E-state index contributed by atoms with van der Waals surface area (Å²) in [6.07, 6.45) is 3.53. The minimum Gasteiger partial charge on any atom is -0.375 e. The highest BCUT2D eigenvalue weighted by molar-refractivity contribution is 4.84. The van der Waals surface area contributed by atoms with Gasteiger partial charge in [-0.15, -0.1) is 0 Å². The summed E-state index contributed by atoms with van der Waals surface area (Å²) in [7, 11) is 0.